The predicted molar refractivity (Wildman–Crippen MR) is 102 cm³/mol. The second kappa shape index (κ2) is 7.84. The smallest absolute Gasteiger partial charge is 0.293 e. The van der Waals surface area contributed by atoms with Crippen molar-refractivity contribution in [1.29, 1.82) is 0 Å². The minimum atomic E-state index is -2.08. The van der Waals surface area contributed by atoms with Gasteiger partial charge < -0.3 is 9.52 Å². The van der Waals surface area contributed by atoms with E-state index in [2.05, 4.69) is 10.1 Å². The van der Waals surface area contributed by atoms with E-state index in [9.17, 15) is 23.5 Å². The van der Waals surface area contributed by atoms with E-state index in [1.807, 2.05) is 0 Å². The Bertz CT molecular complexity index is 1120. The lowest BCUT2D eigenvalue weighted by Crippen LogP contribution is -2.46. The summed E-state index contributed by atoms with van der Waals surface area (Å²) in [6.07, 6.45) is 6.81. The number of hydrogen-bond donors (Lipinski definition) is 1. The third kappa shape index (κ3) is 3.89. The Hall–Kier alpha value is -3.31. The molecule has 0 saturated carbocycles. The van der Waals surface area contributed by atoms with Crippen LogP contribution in [0, 0.1) is 11.6 Å². The summed E-state index contributed by atoms with van der Waals surface area (Å²) in [6, 6.07) is 4.29. The second-order valence-corrected chi connectivity index (χ2v) is 7.57. The molecule has 1 N–H and O–H groups in total. The van der Waals surface area contributed by atoms with Crippen LogP contribution in [0.3, 0.4) is 0 Å². The number of carbonyl (C=O) groups excluding carboxylic acids is 2. The molecule has 0 aliphatic carbocycles. The quantitative estimate of drug-likeness (QED) is 0.598. The fourth-order valence-electron chi connectivity index (χ4n) is 3.08. The first kappa shape index (κ1) is 20.0. The minimum absolute atomic E-state index is 0.129. The summed E-state index contributed by atoms with van der Waals surface area (Å²) in [7, 11) is 0. The molecule has 8 nitrogen and oxygen atoms in total. The molecule has 0 spiro atoms. The Labute approximate surface area is 172 Å². The Balaban J connectivity index is 1.68. The monoisotopic (exact) mass is 432 g/mol. The highest BCUT2D eigenvalue weighted by molar-refractivity contribution is 8.18. The fourth-order valence-corrected chi connectivity index (χ4v) is 3.91. The fraction of sp³-hybridized carbons (Fsp3) is 0.158. The number of hydrogen-bond acceptors (Lipinski definition) is 7. The molecule has 1 atom stereocenters. The van der Waals surface area contributed by atoms with E-state index in [1.54, 1.807) is 6.07 Å². The maximum atomic E-state index is 14.5. The molecule has 1 aliphatic rings. The molecule has 3 aromatic rings. The minimum Gasteiger partial charge on any atom is -0.472 e. The normalized spacial score (nSPS) is 17.7. The topological polar surface area (TPSA) is 101 Å². The zero-order chi connectivity index (χ0) is 21.3. The highest BCUT2D eigenvalue weighted by Gasteiger charge is 2.43. The number of halogens is 2. The molecule has 1 saturated heterocycles. The van der Waals surface area contributed by atoms with Gasteiger partial charge in [0.05, 0.1) is 30.5 Å². The first-order valence-electron chi connectivity index (χ1n) is 8.64. The van der Waals surface area contributed by atoms with Crippen molar-refractivity contribution in [2.75, 3.05) is 6.54 Å². The van der Waals surface area contributed by atoms with Gasteiger partial charge in [-0.1, -0.05) is 6.07 Å². The van der Waals surface area contributed by atoms with Crippen molar-refractivity contribution in [3.63, 3.8) is 0 Å². The van der Waals surface area contributed by atoms with E-state index in [-0.39, 0.29) is 17.0 Å². The first-order chi connectivity index (χ1) is 14.4. The molecule has 2 aromatic heterocycles. The summed E-state index contributed by atoms with van der Waals surface area (Å²) in [5.41, 5.74) is -1.78. The van der Waals surface area contributed by atoms with Gasteiger partial charge in [-0.05, 0) is 30.0 Å². The molecule has 2 amide bonds. The maximum Gasteiger partial charge on any atom is 0.293 e. The number of nitrogens with zero attached hydrogens (tertiary/aromatic N) is 4. The molecule has 30 heavy (non-hydrogen) atoms. The molecule has 1 aromatic carbocycles. The van der Waals surface area contributed by atoms with Crippen LogP contribution in [0.2, 0.25) is 0 Å². The highest BCUT2D eigenvalue weighted by Crippen LogP contribution is 2.36. The maximum absolute atomic E-state index is 14.5. The summed E-state index contributed by atoms with van der Waals surface area (Å²) in [5, 5.41) is 14.6. The third-order valence-electron chi connectivity index (χ3n) is 4.46. The Morgan fingerprint density at radius 3 is 2.73 bits per heavy atom. The van der Waals surface area contributed by atoms with Gasteiger partial charge >= 0.3 is 0 Å². The average molecular weight is 432 g/mol. The van der Waals surface area contributed by atoms with Crippen LogP contribution in [0.4, 0.5) is 13.6 Å². The van der Waals surface area contributed by atoms with E-state index in [4.69, 9.17) is 4.42 Å². The van der Waals surface area contributed by atoms with Gasteiger partial charge in [0.1, 0.15) is 29.9 Å². The second-order valence-electron chi connectivity index (χ2n) is 6.57. The van der Waals surface area contributed by atoms with Crippen molar-refractivity contribution < 1.29 is 27.9 Å². The van der Waals surface area contributed by atoms with E-state index in [0.29, 0.717) is 23.4 Å². The number of aromatic nitrogens is 3. The van der Waals surface area contributed by atoms with Crippen LogP contribution in [-0.4, -0.2) is 42.5 Å². The standard InChI is InChI=1S/C19H14F2N4O4S/c20-13-1-2-14(15(21)6-13)19(28,8-24-11-22-10-23-24)9-25-17(26)16(30-18(25)27)5-12-3-4-29-7-12/h1-7,10-11,28H,8-9H2/b16-5-. The van der Waals surface area contributed by atoms with Gasteiger partial charge in [0.2, 0.25) is 0 Å². The summed E-state index contributed by atoms with van der Waals surface area (Å²) < 4.78 is 34.1. The lowest BCUT2D eigenvalue weighted by atomic mass is 9.92. The number of rotatable bonds is 6. The number of β-amino-alcohol motifs (C(OH)–C–C–N with tert-alkyl or cyclic N) is 1. The van der Waals surface area contributed by atoms with Crippen LogP contribution in [0.15, 0.2) is 58.8 Å². The largest absolute Gasteiger partial charge is 0.472 e. The van der Waals surface area contributed by atoms with Crippen LogP contribution >= 0.6 is 11.8 Å². The Morgan fingerprint density at radius 2 is 2.07 bits per heavy atom. The zero-order valence-electron chi connectivity index (χ0n) is 15.2. The lowest BCUT2D eigenvalue weighted by Gasteiger charge is -2.31. The third-order valence-corrected chi connectivity index (χ3v) is 5.36. The van der Waals surface area contributed by atoms with Gasteiger partial charge in [-0.15, -0.1) is 0 Å². The number of thioether (sulfide) groups is 1. The van der Waals surface area contributed by atoms with E-state index in [0.717, 1.165) is 17.0 Å². The molecule has 0 bridgehead atoms. The van der Waals surface area contributed by atoms with E-state index in [1.165, 1.54) is 35.9 Å². The van der Waals surface area contributed by atoms with Crippen molar-refractivity contribution in [3.8, 4) is 0 Å². The van der Waals surface area contributed by atoms with Gasteiger partial charge in [-0.2, -0.15) is 5.10 Å². The van der Waals surface area contributed by atoms with Gasteiger partial charge in [0, 0.05) is 17.2 Å². The van der Waals surface area contributed by atoms with Crippen LogP contribution in [-0.2, 0) is 16.9 Å². The van der Waals surface area contributed by atoms with E-state index < -0.39 is 34.9 Å². The number of amides is 2. The molecule has 11 heteroatoms. The summed E-state index contributed by atoms with van der Waals surface area (Å²) >= 11 is 0.688. The van der Waals surface area contributed by atoms with Crippen molar-refractivity contribution >= 4 is 29.0 Å². The van der Waals surface area contributed by atoms with Crippen molar-refractivity contribution in [1.82, 2.24) is 19.7 Å². The molecule has 0 radical (unpaired) electrons. The van der Waals surface area contributed by atoms with Crippen molar-refractivity contribution in [3.05, 3.63) is 77.1 Å². The Morgan fingerprint density at radius 1 is 1.23 bits per heavy atom. The first-order valence-corrected chi connectivity index (χ1v) is 9.45. The SMILES string of the molecule is O=C1S/C(=C\c2ccoc2)C(=O)N1CC(O)(Cn1cncn1)c1ccc(F)cc1F. The van der Waals surface area contributed by atoms with Crippen molar-refractivity contribution in [2.24, 2.45) is 0 Å². The molecular formula is C19H14F2N4O4S. The summed E-state index contributed by atoms with van der Waals surface area (Å²) in [6.45, 7) is -0.888. The summed E-state index contributed by atoms with van der Waals surface area (Å²) in [4.78, 5) is 30.0. The van der Waals surface area contributed by atoms with Crippen LogP contribution in [0.1, 0.15) is 11.1 Å². The molecular weight excluding hydrogens is 418 g/mol. The van der Waals surface area contributed by atoms with Gasteiger partial charge in [-0.25, -0.2) is 18.4 Å². The van der Waals surface area contributed by atoms with Gasteiger partial charge in [-0.3, -0.25) is 14.5 Å². The molecule has 1 unspecified atom stereocenters. The van der Waals surface area contributed by atoms with Gasteiger partial charge in [0.25, 0.3) is 11.1 Å². The zero-order valence-corrected chi connectivity index (χ0v) is 16.1. The molecule has 154 valence electrons. The molecule has 4 rings (SSSR count). The van der Waals surface area contributed by atoms with Crippen LogP contribution in [0.25, 0.3) is 6.08 Å². The van der Waals surface area contributed by atoms with Crippen LogP contribution < -0.4 is 0 Å². The average Bonchev–Trinajstić information content (AvgIpc) is 3.43. The molecule has 1 aliphatic heterocycles. The number of imide groups is 1. The van der Waals surface area contributed by atoms with E-state index >= 15 is 0 Å². The number of carbonyl (C=O) groups is 2. The number of aliphatic hydroxyl groups is 1. The Kier molecular flexibility index (Phi) is 5.22. The molecule has 1 fully saturated rings. The van der Waals surface area contributed by atoms with Crippen molar-refractivity contribution in [2.45, 2.75) is 12.1 Å². The molecule has 3 heterocycles. The number of furan rings is 1. The predicted octanol–water partition coefficient (Wildman–Crippen LogP) is 2.77. The number of benzene rings is 1. The van der Waals surface area contributed by atoms with Gasteiger partial charge in [0.15, 0.2) is 0 Å². The lowest BCUT2D eigenvalue weighted by molar-refractivity contribution is -0.126. The summed E-state index contributed by atoms with van der Waals surface area (Å²) in [5.74, 6) is -2.49. The van der Waals surface area contributed by atoms with Crippen LogP contribution in [0.5, 0.6) is 0 Å². The highest BCUT2D eigenvalue weighted by atomic mass is 32.2.